The maximum absolute atomic E-state index is 10.8. The normalized spacial score (nSPS) is 11.0. The summed E-state index contributed by atoms with van der Waals surface area (Å²) >= 11 is 7.50. The first kappa shape index (κ1) is 23.6. The van der Waals surface area contributed by atoms with Crippen molar-refractivity contribution in [3.63, 3.8) is 0 Å². The number of non-ortho nitro benzene ring substituents is 1. The first-order valence-electron chi connectivity index (χ1n) is 9.97. The molecular weight excluding hydrogens is 569 g/mol. The first-order chi connectivity index (χ1) is 16.5. The lowest BCUT2D eigenvalue weighted by molar-refractivity contribution is -0.384. The number of aromatic nitrogens is 3. The van der Waals surface area contributed by atoms with E-state index in [1.165, 1.54) is 12.1 Å². The van der Waals surface area contributed by atoms with Gasteiger partial charge in [0.25, 0.3) is 5.69 Å². The number of H-pyrrole nitrogens is 1. The van der Waals surface area contributed by atoms with Crippen LogP contribution in [0.1, 0.15) is 11.1 Å². The van der Waals surface area contributed by atoms with Crippen LogP contribution >= 0.6 is 34.8 Å². The summed E-state index contributed by atoms with van der Waals surface area (Å²) in [4.78, 5) is 10.4. The zero-order chi connectivity index (χ0) is 24.1. The van der Waals surface area contributed by atoms with Crippen molar-refractivity contribution in [2.75, 3.05) is 7.11 Å². The molecule has 34 heavy (non-hydrogen) atoms. The van der Waals surface area contributed by atoms with Crippen LogP contribution in [0.25, 0.3) is 11.4 Å². The summed E-state index contributed by atoms with van der Waals surface area (Å²) in [6.07, 6.45) is 1.67. The number of nitro groups is 1. The van der Waals surface area contributed by atoms with Gasteiger partial charge >= 0.3 is 0 Å². The number of nitrogens with zero attached hydrogens (tertiary/aromatic N) is 4. The molecule has 3 aromatic carbocycles. The molecule has 0 unspecified atom stereocenters. The van der Waals surface area contributed by atoms with E-state index in [2.05, 4.69) is 37.9 Å². The maximum atomic E-state index is 10.8. The van der Waals surface area contributed by atoms with Crippen LogP contribution in [0.15, 0.2) is 71.8 Å². The summed E-state index contributed by atoms with van der Waals surface area (Å²) in [6.45, 7) is 0.239. The molecule has 0 aliphatic rings. The number of hydrogen-bond donors (Lipinski definition) is 1. The highest BCUT2D eigenvalue weighted by molar-refractivity contribution is 14.1. The number of methoxy groups -OCH3 is 1. The van der Waals surface area contributed by atoms with Crippen LogP contribution < -0.4 is 9.47 Å². The summed E-state index contributed by atoms with van der Waals surface area (Å²) in [5.74, 6) is 1.71. The second-order valence-electron chi connectivity index (χ2n) is 7.02. The topological polar surface area (TPSA) is 108 Å². The fourth-order valence-corrected chi connectivity index (χ4v) is 4.08. The Morgan fingerprint density at radius 2 is 1.94 bits per heavy atom. The highest BCUT2D eigenvalue weighted by Gasteiger charge is 2.13. The van der Waals surface area contributed by atoms with Gasteiger partial charge in [-0.1, -0.05) is 30.3 Å². The van der Waals surface area contributed by atoms with E-state index >= 15 is 0 Å². The third-order valence-electron chi connectivity index (χ3n) is 4.79. The highest BCUT2D eigenvalue weighted by atomic mass is 127. The lowest BCUT2D eigenvalue weighted by atomic mass is 10.2. The van der Waals surface area contributed by atoms with Crippen LogP contribution in [0.4, 0.5) is 5.69 Å². The van der Waals surface area contributed by atoms with Gasteiger partial charge in [-0.15, -0.1) is 0 Å². The monoisotopic (exact) mass is 587 g/mol. The van der Waals surface area contributed by atoms with Crippen molar-refractivity contribution in [1.29, 1.82) is 0 Å². The number of benzene rings is 3. The Morgan fingerprint density at radius 3 is 2.62 bits per heavy atom. The molecule has 1 aromatic heterocycles. The number of nitro benzene ring substituents is 1. The molecule has 172 valence electrons. The van der Waals surface area contributed by atoms with Crippen LogP contribution in [-0.2, 0) is 6.61 Å². The highest BCUT2D eigenvalue weighted by Crippen LogP contribution is 2.34. The van der Waals surface area contributed by atoms with E-state index in [9.17, 15) is 10.1 Å². The molecule has 4 rings (SSSR count). The molecule has 0 aliphatic carbocycles. The van der Waals surface area contributed by atoms with Crippen LogP contribution in [0.5, 0.6) is 11.5 Å². The van der Waals surface area contributed by atoms with Gasteiger partial charge in [0, 0.05) is 17.7 Å². The Labute approximate surface area is 213 Å². The van der Waals surface area contributed by atoms with Gasteiger partial charge in [-0.2, -0.15) is 14.9 Å². The van der Waals surface area contributed by atoms with E-state index in [0.29, 0.717) is 22.1 Å². The van der Waals surface area contributed by atoms with Crippen LogP contribution in [0, 0.1) is 18.5 Å². The Balaban J connectivity index is 1.56. The van der Waals surface area contributed by atoms with Crippen molar-refractivity contribution in [3.8, 4) is 22.9 Å². The quantitative estimate of drug-likeness (QED) is 0.0947. The number of rotatable bonds is 8. The van der Waals surface area contributed by atoms with Gasteiger partial charge in [-0.3, -0.25) is 10.1 Å². The third-order valence-corrected chi connectivity index (χ3v) is 5.85. The molecule has 1 heterocycles. The Kier molecular flexibility index (Phi) is 7.33. The molecule has 0 aliphatic heterocycles. The molecule has 1 N–H and O–H groups in total. The lowest BCUT2D eigenvalue weighted by Crippen LogP contribution is -2.01. The molecule has 0 radical (unpaired) electrons. The lowest BCUT2D eigenvalue weighted by Gasteiger charge is -2.13. The molecule has 0 amide bonds. The van der Waals surface area contributed by atoms with Crippen LogP contribution in [-0.4, -0.2) is 33.1 Å². The number of halogens is 1. The minimum absolute atomic E-state index is 0.0349. The number of hydrogen-bond acceptors (Lipinski definition) is 7. The average molecular weight is 587 g/mol. The zero-order valence-corrected chi connectivity index (χ0v) is 20.8. The average Bonchev–Trinajstić information content (AvgIpc) is 3.22. The first-order valence-corrected chi connectivity index (χ1v) is 11.5. The van der Waals surface area contributed by atoms with Gasteiger partial charge in [-0.25, -0.2) is 5.10 Å². The molecule has 4 aromatic rings. The van der Waals surface area contributed by atoms with Gasteiger partial charge in [0.2, 0.25) is 4.77 Å². The summed E-state index contributed by atoms with van der Waals surface area (Å²) in [5.41, 5.74) is 2.50. The second kappa shape index (κ2) is 10.6. The van der Waals surface area contributed by atoms with Crippen molar-refractivity contribution < 1.29 is 14.4 Å². The minimum atomic E-state index is -0.434. The van der Waals surface area contributed by atoms with E-state index in [1.807, 2.05) is 42.5 Å². The van der Waals surface area contributed by atoms with E-state index in [-0.39, 0.29) is 12.3 Å². The van der Waals surface area contributed by atoms with Gasteiger partial charge in [-0.05, 0) is 70.2 Å². The summed E-state index contributed by atoms with van der Waals surface area (Å²) in [7, 11) is 1.56. The summed E-state index contributed by atoms with van der Waals surface area (Å²) in [6, 6.07) is 19.6. The molecule has 0 bridgehead atoms. The molecule has 0 saturated heterocycles. The maximum Gasteiger partial charge on any atom is 0.269 e. The third kappa shape index (κ3) is 5.31. The molecule has 0 spiro atoms. The Hall–Kier alpha value is -3.58. The molecule has 0 saturated carbocycles. The Bertz CT molecular complexity index is 1400. The van der Waals surface area contributed by atoms with E-state index < -0.39 is 4.92 Å². The van der Waals surface area contributed by atoms with E-state index in [0.717, 1.165) is 20.3 Å². The smallest absolute Gasteiger partial charge is 0.269 e. The van der Waals surface area contributed by atoms with Crippen molar-refractivity contribution in [2.45, 2.75) is 6.61 Å². The molecule has 9 nitrogen and oxygen atoms in total. The van der Waals surface area contributed by atoms with Crippen LogP contribution in [0.3, 0.4) is 0 Å². The predicted octanol–water partition coefficient (Wildman–Crippen LogP) is 5.59. The molecular formula is C23H18IN5O4S. The number of aromatic amines is 1. The van der Waals surface area contributed by atoms with Crippen LogP contribution in [0.2, 0.25) is 0 Å². The summed E-state index contributed by atoms with van der Waals surface area (Å²) in [5, 5.41) is 22.4. The Morgan fingerprint density at radius 1 is 1.21 bits per heavy atom. The predicted molar refractivity (Wildman–Crippen MR) is 139 cm³/mol. The number of nitrogens with one attached hydrogen (secondary N) is 1. The van der Waals surface area contributed by atoms with Crippen molar-refractivity contribution in [1.82, 2.24) is 14.9 Å². The fourth-order valence-electron chi connectivity index (χ4n) is 3.12. The molecule has 0 atom stereocenters. The van der Waals surface area contributed by atoms with Crippen molar-refractivity contribution in [3.05, 3.63) is 96.3 Å². The zero-order valence-electron chi connectivity index (χ0n) is 17.8. The SMILES string of the molecule is COc1cc(/C=N\n2c(-c3ccccc3)n[nH]c2=S)cc(I)c1OCc1ccc([N+](=O)[O-])cc1. The number of ether oxygens (including phenoxy) is 2. The fraction of sp³-hybridized carbons (Fsp3) is 0.0870. The largest absolute Gasteiger partial charge is 0.493 e. The van der Waals surface area contributed by atoms with E-state index in [4.69, 9.17) is 21.7 Å². The van der Waals surface area contributed by atoms with Gasteiger partial charge in [0.05, 0.1) is 21.8 Å². The summed E-state index contributed by atoms with van der Waals surface area (Å²) < 4.78 is 14.2. The van der Waals surface area contributed by atoms with E-state index in [1.54, 1.807) is 30.1 Å². The van der Waals surface area contributed by atoms with Gasteiger partial charge in [0.15, 0.2) is 17.3 Å². The van der Waals surface area contributed by atoms with Crippen molar-refractivity contribution in [2.24, 2.45) is 5.10 Å². The van der Waals surface area contributed by atoms with Crippen molar-refractivity contribution >= 4 is 46.7 Å². The standard InChI is InChI=1S/C23H18IN5O4S/c1-32-20-12-16(13-25-28-22(26-27-23(28)34)17-5-3-2-4-6-17)11-19(24)21(20)33-14-15-7-9-18(10-8-15)29(30)31/h2-13H,14H2,1H3,(H,27,34)/b25-13-. The second-order valence-corrected chi connectivity index (χ2v) is 8.57. The van der Waals surface area contributed by atoms with Gasteiger partial charge < -0.3 is 9.47 Å². The molecule has 11 heteroatoms. The molecule has 0 fully saturated rings. The minimum Gasteiger partial charge on any atom is -0.493 e. The van der Waals surface area contributed by atoms with Gasteiger partial charge in [0.1, 0.15) is 6.61 Å².